The molecule has 0 spiro atoms. The van der Waals surface area contributed by atoms with Crippen molar-refractivity contribution in [1.82, 2.24) is 0 Å². The van der Waals surface area contributed by atoms with Crippen LogP contribution in [0.5, 0.6) is 11.5 Å². The Labute approximate surface area is 274 Å². The SMILES string of the molecule is COc1ccc(C2C3=CCC4C(=O)N(c5ccc(C)c(Cl)c5)C(=O)C4C3CC3C(=O)N(c4ccc(F)c(Cl)c4)C(=O)C32C)c(O)c1. The molecule has 4 aliphatic rings. The molecule has 2 aliphatic carbocycles. The normalized spacial score (nSPS) is 28.7. The molecule has 3 aromatic carbocycles. The molecule has 11 heteroatoms. The number of carbonyl (C=O) groups is 4. The molecule has 2 aliphatic heterocycles. The zero-order valence-corrected chi connectivity index (χ0v) is 26.6. The highest BCUT2D eigenvalue weighted by atomic mass is 35.5. The summed E-state index contributed by atoms with van der Waals surface area (Å²) in [6.07, 6.45) is 2.26. The fourth-order valence-corrected chi connectivity index (χ4v) is 8.45. The number of methoxy groups -OCH3 is 1. The van der Waals surface area contributed by atoms with Gasteiger partial charge in [0.25, 0.3) is 0 Å². The van der Waals surface area contributed by atoms with E-state index in [-0.39, 0.29) is 35.2 Å². The number of fused-ring (bicyclic) bond motifs is 4. The van der Waals surface area contributed by atoms with Gasteiger partial charge in [0.15, 0.2) is 0 Å². The van der Waals surface area contributed by atoms with E-state index in [1.54, 1.807) is 37.3 Å². The number of anilines is 2. The van der Waals surface area contributed by atoms with Gasteiger partial charge in [-0.15, -0.1) is 0 Å². The largest absolute Gasteiger partial charge is 0.508 e. The summed E-state index contributed by atoms with van der Waals surface area (Å²) in [5.74, 6) is -6.04. The fourth-order valence-electron chi connectivity index (χ4n) is 8.10. The first kappa shape index (κ1) is 30.4. The van der Waals surface area contributed by atoms with Gasteiger partial charge in [-0.05, 0) is 74.6 Å². The number of amides is 4. The fraction of sp³-hybridized carbons (Fsp3) is 0.314. The molecule has 46 heavy (non-hydrogen) atoms. The summed E-state index contributed by atoms with van der Waals surface area (Å²) in [5.41, 5.74) is 1.01. The number of phenolic OH excluding ortho intramolecular Hbond substituents is 1. The highest BCUT2D eigenvalue weighted by molar-refractivity contribution is 6.32. The van der Waals surface area contributed by atoms with E-state index in [1.807, 2.05) is 13.0 Å². The van der Waals surface area contributed by atoms with Crippen LogP contribution in [0.2, 0.25) is 10.0 Å². The van der Waals surface area contributed by atoms with E-state index in [0.717, 1.165) is 16.5 Å². The van der Waals surface area contributed by atoms with Crippen LogP contribution in [0.1, 0.15) is 36.8 Å². The van der Waals surface area contributed by atoms with E-state index in [2.05, 4.69) is 0 Å². The van der Waals surface area contributed by atoms with Gasteiger partial charge in [0.2, 0.25) is 23.6 Å². The number of imide groups is 2. The average molecular weight is 664 g/mol. The Hall–Kier alpha value is -4.21. The number of hydrogen-bond acceptors (Lipinski definition) is 6. The van der Waals surface area contributed by atoms with Crippen molar-refractivity contribution >= 4 is 58.2 Å². The Morgan fingerprint density at radius 3 is 2.26 bits per heavy atom. The van der Waals surface area contributed by atoms with Crippen LogP contribution in [-0.2, 0) is 19.2 Å². The number of aromatic hydroxyl groups is 1. The lowest BCUT2D eigenvalue weighted by atomic mass is 9.51. The molecule has 6 unspecified atom stereocenters. The summed E-state index contributed by atoms with van der Waals surface area (Å²) in [5, 5.41) is 11.5. The molecular weight excluding hydrogens is 634 g/mol. The molecule has 1 saturated carbocycles. The van der Waals surface area contributed by atoms with E-state index in [4.69, 9.17) is 27.9 Å². The summed E-state index contributed by atoms with van der Waals surface area (Å²) in [6.45, 7) is 3.52. The van der Waals surface area contributed by atoms with Gasteiger partial charge in [-0.2, -0.15) is 0 Å². The van der Waals surface area contributed by atoms with Crippen molar-refractivity contribution in [3.63, 3.8) is 0 Å². The number of phenols is 1. The zero-order valence-electron chi connectivity index (χ0n) is 25.1. The van der Waals surface area contributed by atoms with Crippen molar-refractivity contribution in [3.8, 4) is 11.5 Å². The van der Waals surface area contributed by atoms with Crippen LogP contribution in [0.4, 0.5) is 15.8 Å². The van der Waals surface area contributed by atoms with E-state index in [9.17, 15) is 28.7 Å². The Balaban J connectivity index is 1.37. The van der Waals surface area contributed by atoms with Crippen LogP contribution in [-0.4, -0.2) is 35.8 Å². The lowest BCUT2D eigenvalue weighted by molar-refractivity contribution is -0.131. The highest BCUT2D eigenvalue weighted by Crippen LogP contribution is 2.64. The number of halogens is 3. The number of nitrogens with zero attached hydrogens (tertiary/aromatic N) is 2. The monoisotopic (exact) mass is 662 g/mol. The van der Waals surface area contributed by atoms with Crippen molar-refractivity contribution in [3.05, 3.63) is 93.2 Å². The maximum Gasteiger partial charge on any atom is 0.241 e. The second-order valence-electron chi connectivity index (χ2n) is 12.6. The molecule has 0 aromatic heterocycles. The topological polar surface area (TPSA) is 104 Å². The van der Waals surface area contributed by atoms with Gasteiger partial charge in [-0.3, -0.25) is 19.2 Å². The van der Waals surface area contributed by atoms with Gasteiger partial charge in [-0.1, -0.05) is 47.0 Å². The van der Waals surface area contributed by atoms with E-state index >= 15 is 0 Å². The van der Waals surface area contributed by atoms with Gasteiger partial charge < -0.3 is 9.84 Å². The molecule has 7 rings (SSSR count). The van der Waals surface area contributed by atoms with Crippen molar-refractivity contribution < 1.29 is 33.4 Å². The number of ether oxygens (including phenoxy) is 1. The van der Waals surface area contributed by atoms with E-state index in [1.165, 1.54) is 30.2 Å². The lowest BCUT2D eigenvalue weighted by Gasteiger charge is -2.49. The molecule has 1 N–H and O–H groups in total. The maximum atomic E-state index is 14.5. The van der Waals surface area contributed by atoms with Crippen molar-refractivity contribution in [2.45, 2.75) is 32.6 Å². The first-order valence-corrected chi connectivity index (χ1v) is 15.7. The first-order chi connectivity index (χ1) is 21.9. The minimum atomic E-state index is -1.39. The van der Waals surface area contributed by atoms with Gasteiger partial charge in [-0.25, -0.2) is 14.2 Å². The average Bonchev–Trinajstić information content (AvgIpc) is 3.40. The number of hydrogen-bond donors (Lipinski definition) is 1. The molecule has 3 aromatic rings. The number of rotatable bonds is 4. The molecule has 0 bridgehead atoms. The number of aryl methyl sites for hydroxylation is 1. The van der Waals surface area contributed by atoms with Crippen LogP contribution in [0.15, 0.2) is 66.2 Å². The standard InChI is InChI=1S/C35H29Cl2FN2O6/c1-16-4-5-17(12-25(16)36)39-31(42)22-10-9-20-23(29(22)33(39)44)15-24-32(43)40(18-6-11-27(38)26(37)13-18)34(45)35(24,2)30(20)21-8-7-19(46-3)14-28(21)41/h4-9,11-14,22-24,29-30,41H,10,15H2,1-3H3. The third-order valence-corrected chi connectivity index (χ3v) is 11.1. The predicted molar refractivity (Wildman–Crippen MR) is 169 cm³/mol. The maximum absolute atomic E-state index is 14.5. The first-order valence-electron chi connectivity index (χ1n) is 14.9. The van der Waals surface area contributed by atoms with Gasteiger partial charge in [0, 0.05) is 22.6 Å². The van der Waals surface area contributed by atoms with Crippen LogP contribution in [0.3, 0.4) is 0 Å². The highest BCUT2D eigenvalue weighted by Gasteiger charge is 2.68. The van der Waals surface area contributed by atoms with Gasteiger partial charge in [0.1, 0.15) is 17.3 Å². The van der Waals surface area contributed by atoms with E-state index < -0.39 is 58.5 Å². The smallest absolute Gasteiger partial charge is 0.241 e. The summed E-state index contributed by atoms with van der Waals surface area (Å²) >= 11 is 12.4. The van der Waals surface area contributed by atoms with Crippen LogP contribution < -0.4 is 14.5 Å². The van der Waals surface area contributed by atoms with Gasteiger partial charge >= 0.3 is 0 Å². The number of carbonyl (C=O) groups excluding carboxylic acids is 4. The molecule has 8 nitrogen and oxygen atoms in total. The molecule has 236 valence electrons. The zero-order chi connectivity index (χ0) is 32.8. The third-order valence-electron chi connectivity index (χ3n) is 10.4. The Morgan fingerprint density at radius 1 is 0.891 bits per heavy atom. The molecule has 4 amide bonds. The molecule has 3 fully saturated rings. The Bertz CT molecular complexity index is 1910. The molecular formula is C35H29Cl2FN2O6. The van der Waals surface area contributed by atoms with Crippen LogP contribution in [0, 0.1) is 41.8 Å². The number of benzene rings is 3. The van der Waals surface area contributed by atoms with Crippen molar-refractivity contribution in [1.29, 1.82) is 0 Å². The van der Waals surface area contributed by atoms with Gasteiger partial charge in [0.05, 0.1) is 46.7 Å². The summed E-state index contributed by atoms with van der Waals surface area (Å²) < 4.78 is 19.4. The Morgan fingerprint density at radius 2 is 1.59 bits per heavy atom. The second kappa shape index (κ2) is 10.7. The van der Waals surface area contributed by atoms with Crippen molar-refractivity contribution in [2.75, 3.05) is 16.9 Å². The second-order valence-corrected chi connectivity index (χ2v) is 13.4. The minimum absolute atomic E-state index is 0.119. The number of allylic oxidation sites excluding steroid dienone is 2. The molecule has 2 saturated heterocycles. The molecule has 0 radical (unpaired) electrons. The Kier molecular flexibility index (Phi) is 7.06. The summed E-state index contributed by atoms with van der Waals surface area (Å²) in [6, 6.07) is 13.4. The lowest BCUT2D eigenvalue weighted by Crippen LogP contribution is -2.48. The summed E-state index contributed by atoms with van der Waals surface area (Å²) in [4.78, 5) is 59.0. The predicted octanol–water partition coefficient (Wildman–Crippen LogP) is 6.59. The summed E-state index contributed by atoms with van der Waals surface area (Å²) in [7, 11) is 1.47. The molecule has 6 atom stereocenters. The van der Waals surface area contributed by atoms with Crippen LogP contribution in [0.25, 0.3) is 0 Å². The molecule has 2 heterocycles. The minimum Gasteiger partial charge on any atom is -0.508 e. The van der Waals surface area contributed by atoms with E-state index in [0.29, 0.717) is 27.6 Å². The third kappa shape index (κ3) is 4.17. The quantitative estimate of drug-likeness (QED) is 0.250. The van der Waals surface area contributed by atoms with Crippen molar-refractivity contribution in [2.24, 2.45) is 29.1 Å². The van der Waals surface area contributed by atoms with Crippen LogP contribution >= 0.6 is 23.2 Å².